The molecule has 0 aliphatic rings. The molecule has 0 saturated carbocycles. The zero-order valence-corrected chi connectivity index (χ0v) is 7.43. The maximum atomic E-state index is 5.70. The van der Waals surface area contributed by atoms with Crippen LogP contribution in [0.1, 0.15) is 0 Å². The van der Waals surface area contributed by atoms with Gasteiger partial charge < -0.3 is 0 Å². The summed E-state index contributed by atoms with van der Waals surface area (Å²) in [5.74, 6) is 0. The van der Waals surface area contributed by atoms with E-state index in [1.807, 2.05) is 12.1 Å². The molecule has 1 aromatic rings. The van der Waals surface area contributed by atoms with Gasteiger partial charge in [-0.3, -0.25) is 0 Å². The maximum Gasteiger partial charge on any atom is 0.0431 e. The van der Waals surface area contributed by atoms with Crippen molar-refractivity contribution in [3.63, 3.8) is 0 Å². The normalized spacial score (nSPS) is 9.90. The number of thioether (sulfide) groups is 1. The molecule has 1 radical (unpaired) electrons. The SMILES string of the molecule is [CH2]Sc1cc(Cl)cc(Cl)c1. The standard InChI is InChI=1S/C7H5Cl2S/c1-10-7-3-5(8)2-6(9)4-7/h2-4H,1H2. The second-order valence-corrected chi connectivity index (χ2v) is 3.38. The van der Waals surface area contributed by atoms with E-state index in [2.05, 4.69) is 6.26 Å². The van der Waals surface area contributed by atoms with Gasteiger partial charge in [0.15, 0.2) is 0 Å². The lowest BCUT2D eigenvalue weighted by atomic mass is 10.4. The third-order valence-corrected chi connectivity index (χ3v) is 2.01. The second-order valence-electron chi connectivity index (χ2n) is 1.75. The molecule has 1 rings (SSSR count). The van der Waals surface area contributed by atoms with Gasteiger partial charge in [0.2, 0.25) is 0 Å². The fourth-order valence-corrected chi connectivity index (χ4v) is 1.69. The van der Waals surface area contributed by atoms with E-state index in [4.69, 9.17) is 23.2 Å². The molecule has 0 unspecified atom stereocenters. The van der Waals surface area contributed by atoms with Crippen LogP contribution in [0.15, 0.2) is 23.1 Å². The van der Waals surface area contributed by atoms with Crippen molar-refractivity contribution in [3.05, 3.63) is 34.5 Å². The quantitative estimate of drug-likeness (QED) is 0.608. The largest absolute Gasteiger partial charge is 0.125 e. The third-order valence-electron chi connectivity index (χ3n) is 1.00. The van der Waals surface area contributed by atoms with Crippen LogP contribution in [0, 0.1) is 6.26 Å². The van der Waals surface area contributed by atoms with Crippen LogP contribution in [0.3, 0.4) is 0 Å². The lowest BCUT2D eigenvalue weighted by Gasteiger charge is -1.96. The summed E-state index contributed by atoms with van der Waals surface area (Å²) in [7, 11) is 0. The molecule has 0 fully saturated rings. The molecular formula is C7H5Cl2S. The first-order valence-corrected chi connectivity index (χ1v) is 4.34. The van der Waals surface area contributed by atoms with Gasteiger partial charge in [-0.1, -0.05) is 23.2 Å². The first-order chi connectivity index (χ1) is 4.72. The highest BCUT2D eigenvalue weighted by molar-refractivity contribution is 8.00. The molecule has 0 N–H and O–H groups in total. The molecule has 0 aliphatic carbocycles. The van der Waals surface area contributed by atoms with Crippen molar-refractivity contribution in [1.82, 2.24) is 0 Å². The highest BCUT2D eigenvalue weighted by Gasteiger charge is 1.94. The monoisotopic (exact) mass is 191 g/mol. The van der Waals surface area contributed by atoms with Crippen LogP contribution in [0.2, 0.25) is 10.0 Å². The van der Waals surface area contributed by atoms with E-state index in [-0.39, 0.29) is 0 Å². The molecule has 0 aliphatic heterocycles. The Hall–Kier alpha value is 0.150. The van der Waals surface area contributed by atoms with E-state index in [1.165, 1.54) is 11.8 Å². The van der Waals surface area contributed by atoms with E-state index in [9.17, 15) is 0 Å². The average molecular weight is 192 g/mol. The number of hydrogen-bond acceptors (Lipinski definition) is 1. The van der Waals surface area contributed by atoms with Crippen LogP contribution in [-0.2, 0) is 0 Å². The predicted octanol–water partition coefficient (Wildman–Crippen LogP) is 3.88. The Morgan fingerprint density at radius 1 is 1.10 bits per heavy atom. The Morgan fingerprint density at radius 3 is 2.00 bits per heavy atom. The number of rotatable bonds is 1. The summed E-state index contributed by atoms with van der Waals surface area (Å²) in [5, 5.41) is 1.30. The van der Waals surface area contributed by atoms with Gasteiger partial charge in [0.05, 0.1) is 0 Å². The van der Waals surface area contributed by atoms with Crippen molar-refractivity contribution >= 4 is 35.0 Å². The Bertz CT molecular complexity index is 215. The number of benzene rings is 1. The molecule has 53 valence electrons. The Kier molecular flexibility index (Phi) is 2.90. The van der Waals surface area contributed by atoms with Crippen molar-refractivity contribution in [2.24, 2.45) is 0 Å². The summed E-state index contributed by atoms with van der Waals surface area (Å²) < 4.78 is 0. The van der Waals surface area contributed by atoms with Gasteiger partial charge in [0.25, 0.3) is 0 Å². The Balaban J connectivity index is 3.06. The van der Waals surface area contributed by atoms with Crippen molar-refractivity contribution in [1.29, 1.82) is 0 Å². The molecule has 0 aromatic heterocycles. The van der Waals surface area contributed by atoms with E-state index >= 15 is 0 Å². The molecule has 3 heteroatoms. The molecule has 10 heavy (non-hydrogen) atoms. The first-order valence-electron chi connectivity index (χ1n) is 2.60. The summed E-state index contributed by atoms with van der Waals surface area (Å²) in [6.45, 7) is 0. The summed E-state index contributed by atoms with van der Waals surface area (Å²) >= 11 is 12.8. The molecular weight excluding hydrogens is 187 g/mol. The van der Waals surface area contributed by atoms with Crippen molar-refractivity contribution in [2.75, 3.05) is 0 Å². The van der Waals surface area contributed by atoms with Crippen LogP contribution in [0.5, 0.6) is 0 Å². The summed E-state index contributed by atoms with van der Waals surface area (Å²) in [6.07, 6.45) is 3.64. The van der Waals surface area contributed by atoms with Gasteiger partial charge in [-0.2, -0.15) is 0 Å². The molecule has 0 spiro atoms. The zero-order chi connectivity index (χ0) is 7.56. The third kappa shape index (κ3) is 2.08. The minimum atomic E-state index is 0.652. The van der Waals surface area contributed by atoms with Crippen LogP contribution in [0.4, 0.5) is 0 Å². The van der Waals surface area contributed by atoms with Crippen LogP contribution < -0.4 is 0 Å². The fraction of sp³-hybridized carbons (Fsp3) is 0. The molecule has 0 amide bonds. The Morgan fingerprint density at radius 2 is 1.60 bits per heavy atom. The topological polar surface area (TPSA) is 0 Å². The van der Waals surface area contributed by atoms with Gasteiger partial charge in [0.1, 0.15) is 0 Å². The molecule has 1 aromatic carbocycles. The molecule has 0 nitrogen and oxygen atoms in total. The highest BCUT2D eigenvalue weighted by Crippen LogP contribution is 2.25. The molecule has 0 atom stereocenters. The van der Waals surface area contributed by atoms with E-state index in [0.717, 1.165) is 4.90 Å². The molecule has 0 heterocycles. The van der Waals surface area contributed by atoms with Crippen LogP contribution in [-0.4, -0.2) is 0 Å². The second kappa shape index (κ2) is 3.51. The highest BCUT2D eigenvalue weighted by atomic mass is 35.5. The van der Waals surface area contributed by atoms with Gasteiger partial charge in [-0.15, -0.1) is 11.8 Å². The first kappa shape index (κ1) is 8.25. The van der Waals surface area contributed by atoms with Crippen molar-refractivity contribution in [2.45, 2.75) is 4.90 Å². The minimum Gasteiger partial charge on any atom is -0.125 e. The zero-order valence-electron chi connectivity index (χ0n) is 5.10. The lowest BCUT2D eigenvalue weighted by Crippen LogP contribution is -1.69. The fourth-order valence-electron chi connectivity index (χ4n) is 0.612. The average Bonchev–Trinajstić information content (AvgIpc) is 1.85. The van der Waals surface area contributed by atoms with E-state index in [0.29, 0.717) is 10.0 Å². The van der Waals surface area contributed by atoms with Crippen LogP contribution >= 0.6 is 35.0 Å². The van der Waals surface area contributed by atoms with Gasteiger partial charge in [0, 0.05) is 21.2 Å². The van der Waals surface area contributed by atoms with Crippen molar-refractivity contribution < 1.29 is 0 Å². The van der Waals surface area contributed by atoms with Crippen LogP contribution in [0.25, 0.3) is 0 Å². The minimum absolute atomic E-state index is 0.652. The summed E-state index contributed by atoms with van der Waals surface area (Å²) in [5.41, 5.74) is 0. The van der Waals surface area contributed by atoms with E-state index < -0.39 is 0 Å². The molecule has 0 bridgehead atoms. The predicted molar refractivity (Wildman–Crippen MR) is 47.7 cm³/mol. The Labute approximate surface area is 74.5 Å². The van der Waals surface area contributed by atoms with E-state index in [1.54, 1.807) is 6.07 Å². The van der Waals surface area contributed by atoms with Crippen molar-refractivity contribution in [3.8, 4) is 0 Å². The summed E-state index contributed by atoms with van der Waals surface area (Å²) in [4.78, 5) is 0.984. The van der Waals surface area contributed by atoms with Gasteiger partial charge in [-0.25, -0.2) is 0 Å². The van der Waals surface area contributed by atoms with Gasteiger partial charge >= 0.3 is 0 Å². The smallest absolute Gasteiger partial charge is 0.0431 e. The summed E-state index contributed by atoms with van der Waals surface area (Å²) in [6, 6.07) is 5.35. The van der Waals surface area contributed by atoms with Gasteiger partial charge in [-0.05, 0) is 18.2 Å². The lowest BCUT2D eigenvalue weighted by molar-refractivity contribution is 1.47. The maximum absolute atomic E-state index is 5.70. The molecule has 0 saturated heterocycles. The number of hydrogen-bond donors (Lipinski definition) is 0. The number of halogens is 2.